The molecule has 1 aliphatic heterocycles. The number of hydrogen-bond acceptors (Lipinski definition) is 4. The molecule has 1 aliphatic rings. The number of quaternary nitrogens is 1. The summed E-state index contributed by atoms with van der Waals surface area (Å²) in [6.45, 7) is 6.62. The Morgan fingerprint density at radius 1 is 1.15 bits per heavy atom. The highest BCUT2D eigenvalue weighted by Crippen LogP contribution is 2.21. The van der Waals surface area contributed by atoms with Crippen LogP contribution in [0.1, 0.15) is 48.3 Å². The molecule has 1 atom stereocenters. The number of hydrogen-bond donors (Lipinski definition) is 2. The predicted molar refractivity (Wildman–Crippen MR) is 124 cm³/mol. The molecule has 7 nitrogen and oxygen atoms in total. The van der Waals surface area contributed by atoms with Gasteiger partial charge in [0.1, 0.15) is 5.82 Å². The molecule has 0 bridgehead atoms. The van der Waals surface area contributed by atoms with Crippen LogP contribution in [-0.4, -0.2) is 38.3 Å². The Hall–Kier alpha value is -3.39. The van der Waals surface area contributed by atoms with Gasteiger partial charge >= 0.3 is 0 Å². The predicted octanol–water partition coefficient (Wildman–Crippen LogP) is 2.41. The number of fused-ring (bicyclic) bond motifs is 1. The molecule has 0 amide bonds. The molecule has 1 fully saturated rings. The standard InChI is InChI=1S/C25H27FN6O/c1-16-9-11-31(12-10-16)23(21-14-19-13-17(2)3-8-22(19)27-25(21)33)24-28-29-30-32(24)15-18-4-6-20(26)7-5-18/h3-8,13-14,16,23H,9-12,15H2,1-2H3,(H,27,33)/p+1/t23-/m0/s1. The lowest BCUT2D eigenvalue weighted by molar-refractivity contribution is -0.932. The summed E-state index contributed by atoms with van der Waals surface area (Å²) in [4.78, 5) is 17.6. The zero-order valence-corrected chi connectivity index (χ0v) is 18.9. The fourth-order valence-electron chi connectivity index (χ4n) is 4.81. The number of benzene rings is 2. The minimum Gasteiger partial charge on any atom is -0.322 e. The number of aromatic nitrogens is 5. The first-order valence-corrected chi connectivity index (χ1v) is 11.5. The Morgan fingerprint density at radius 2 is 1.91 bits per heavy atom. The summed E-state index contributed by atoms with van der Waals surface area (Å²) in [5, 5.41) is 13.6. The fourth-order valence-corrected chi connectivity index (χ4v) is 4.81. The first kappa shape index (κ1) is 21.5. The van der Waals surface area contributed by atoms with Gasteiger partial charge in [-0.2, -0.15) is 0 Å². The highest BCUT2D eigenvalue weighted by molar-refractivity contribution is 5.79. The molecule has 5 rings (SSSR count). The van der Waals surface area contributed by atoms with E-state index < -0.39 is 0 Å². The Kier molecular flexibility index (Phi) is 5.76. The number of piperidine rings is 1. The van der Waals surface area contributed by atoms with Crippen LogP contribution in [0.25, 0.3) is 10.9 Å². The summed E-state index contributed by atoms with van der Waals surface area (Å²) < 4.78 is 15.1. The Balaban J connectivity index is 1.60. The Bertz CT molecular complexity index is 1320. The van der Waals surface area contributed by atoms with Crippen LogP contribution in [0.4, 0.5) is 4.39 Å². The molecule has 0 spiro atoms. The van der Waals surface area contributed by atoms with Crippen LogP contribution in [-0.2, 0) is 6.54 Å². The largest absolute Gasteiger partial charge is 0.322 e. The molecule has 2 N–H and O–H groups in total. The van der Waals surface area contributed by atoms with Crippen LogP contribution in [0, 0.1) is 18.7 Å². The van der Waals surface area contributed by atoms with E-state index in [1.165, 1.54) is 17.0 Å². The van der Waals surface area contributed by atoms with Gasteiger partial charge in [-0.1, -0.05) is 30.7 Å². The van der Waals surface area contributed by atoms with E-state index in [0.29, 0.717) is 23.9 Å². The molecule has 0 radical (unpaired) electrons. The third-order valence-corrected chi connectivity index (χ3v) is 6.73. The molecule has 8 heteroatoms. The third-order valence-electron chi connectivity index (χ3n) is 6.73. The summed E-state index contributed by atoms with van der Waals surface area (Å²) in [7, 11) is 0. The molecule has 0 saturated carbocycles. The lowest BCUT2D eigenvalue weighted by Crippen LogP contribution is -3.13. The molecule has 2 aromatic heterocycles. The molecule has 1 saturated heterocycles. The quantitative estimate of drug-likeness (QED) is 0.492. The van der Waals surface area contributed by atoms with Crippen LogP contribution in [0.3, 0.4) is 0 Å². The smallest absolute Gasteiger partial charge is 0.258 e. The van der Waals surface area contributed by atoms with Gasteiger partial charge in [0, 0.05) is 5.52 Å². The third kappa shape index (κ3) is 4.43. The second-order valence-electron chi connectivity index (χ2n) is 9.24. The van der Waals surface area contributed by atoms with E-state index >= 15 is 0 Å². The number of halogens is 1. The lowest BCUT2D eigenvalue weighted by Gasteiger charge is -2.33. The van der Waals surface area contributed by atoms with Crippen molar-refractivity contribution in [2.75, 3.05) is 13.1 Å². The van der Waals surface area contributed by atoms with Gasteiger partial charge < -0.3 is 9.88 Å². The van der Waals surface area contributed by atoms with Gasteiger partial charge in [0.2, 0.25) is 5.82 Å². The van der Waals surface area contributed by atoms with Crippen molar-refractivity contribution >= 4 is 10.9 Å². The molecule has 33 heavy (non-hydrogen) atoms. The molecule has 4 aromatic rings. The molecule has 0 aliphatic carbocycles. The number of aromatic amines is 1. The fraction of sp³-hybridized carbons (Fsp3) is 0.360. The number of pyridine rings is 1. The van der Waals surface area contributed by atoms with E-state index in [4.69, 9.17) is 0 Å². The van der Waals surface area contributed by atoms with Crippen molar-refractivity contribution in [2.45, 2.75) is 39.3 Å². The highest BCUT2D eigenvalue weighted by Gasteiger charge is 2.36. The van der Waals surface area contributed by atoms with E-state index in [1.54, 1.807) is 16.8 Å². The van der Waals surface area contributed by atoms with Crippen molar-refractivity contribution in [3.05, 3.63) is 87.2 Å². The van der Waals surface area contributed by atoms with Crippen LogP contribution in [0.15, 0.2) is 53.3 Å². The van der Waals surface area contributed by atoms with E-state index in [-0.39, 0.29) is 17.4 Å². The van der Waals surface area contributed by atoms with Crippen molar-refractivity contribution in [1.82, 2.24) is 25.2 Å². The van der Waals surface area contributed by atoms with Gasteiger partial charge in [0.15, 0.2) is 6.04 Å². The number of nitrogens with zero attached hydrogens (tertiary/aromatic N) is 4. The van der Waals surface area contributed by atoms with Crippen molar-refractivity contribution in [1.29, 1.82) is 0 Å². The van der Waals surface area contributed by atoms with E-state index in [1.807, 2.05) is 25.1 Å². The SMILES string of the molecule is Cc1ccc2[nH]c(=O)c([C@@H](c3nnnn3Cc3ccc(F)cc3)[NH+]3CCC(C)CC3)cc2c1. The summed E-state index contributed by atoms with van der Waals surface area (Å²) in [6.07, 6.45) is 2.19. The van der Waals surface area contributed by atoms with Crippen LogP contribution < -0.4 is 10.5 Å². The van der Waals surface area contributed by atoms with Crippen molar-refractivity contribution < 1.29 is 9.29 Å². The first-order chi connectivity index (χ1) is 16.0. The van der Waals surface area contributed by atoms with Crippen LogP contribution in [0.5, 0.6) is 0 Å². The monoisotopic (exact) mass is 447 g/mol. The number of rotatable bonds is 5. The maximum absolute atomic E-state index is 13.4. The minimum atomic E-state index is -0.290. The van der Waals surface area contributed by atoms with Gasteiger partial charge in [-0.05, 0) is 77.4 Å². The van der Waals surface area contributed by atoms with Gasteiger partial charge in [-0.15, -0.1) is 5.10 Å². The molecule has 3 heterocycles. The number of H-pyrrole nitrogens is 1. The summed E-state index contributed by atoms with van der Waals surface area (Å²) in [5.41, 5.74) is 3.42. The zero-order chi connectivity index (χ0) is 22.9. The van der Waals surface area contributed by atoms with E-state index in [0.717, 1.165) is 48.0 Å². The first-order valence-electron chi connectivity index (χ1n) is 11.5. The topological polar surface area (TPSA) is 80.9 Å². The average molecular weight is 448 g/mol. The summed E-state index contributed by atoms with van der Waals surface area (Å²) >= 11 is 0. The van der Waals surface area contributed by atoms with Gasteiger partial charge in [-0.3, -0.25) is 4.79 Å². The Labute approximate surface area is 191 Å². The van der Waals surface area contributed by atoms with Crippen LogP contribution in [0.2, 0.25) is 0 Å². The van der Waals surface area contributed by atoms with Crippen molar-refractivity contribution in [3.8, 4) is 0 Å². The molecule has 2 aromatic carbocycles. The van der Waals surface area contributed by atoms with Crippen molar-refractivity contribution in [2.24, 2.45) is 5.92 Å². The maximum Gasteiger partial charge on any atom is 0.258 e. The number of tetrazole rings is 1. The second-order valence-corrected chi connectivity index (χ2v) is 9.24. The van der Waals surface area contributed by atoms with Gasteiger partial charge in [-0.25, -0.2) is 9.07 Å². The van der Waals surface area contributed by atoms with Crippen molar-refractivity contribution in [3.63, 3.8) is 0 Å². The second kappa shape index (κ2) is 8.86. The number of nitrogens with one attached hydrogen (secondary N) is 2. The number of likely N-dealkylation sites (tertiary alicyclic amines) is 1. The normalized spacial score (nSPS) is 19.6. The summed E-state index contributed by atoms with van der Waals surface area (Å²) in [5.74, 6) is 1.04. The molecule has 0 unspecified atom stereocenters. The summed E-state index contributed by atoms with van der Waals surface area (Å²) in [6, 6.07) is 14.1. The van der Waals surface area contributed by atoms with Gasteiger partial charge in [0.05, 0.1) is 25.2 Å². The van der Waals surface area contributed by atoms with E-state index in [2.05, 4.69) is 33.5 Å². The molecular weight excluding hydrogens is 419 g/mol. The maximum atomic E-state index is 13.4. The Morgan fingerprint density at radius 3 is 2.67 bits per heavy atom. The minimum absolute atomic E-state index is 0.112. The number of aryl methyl sites for hydroxylation is 1. The van der Waals surface area contributed by atoms with Crippen LogP contribution >= 0.6 is 0 Å². The zero-order valence-electron chi connectivity index (χ0n) is 18.9. The molecule has 170 valence electrons. The lowest BCUT2D eigenvalue weighted by atomic mass is 9.95. The average Bonchev–Trinajstić information content (AvgIpc) is 3.25. The van der Waals surface area contributed by atoms with Gasteiger partial charge in [0.25, 0.3) is 5.56 Å². The van der Waals surface area contributed by atoms with E-state index in [9.17, 15) is 9.18 Å². The highest BCUT2D eigenvalue weighted by atomic mass is 19.1. The molecular formula is C25H28FN6O+.